The standard InChI is InChI=1S/C21H24N4O2/c1-14(2)16-6-5-7-17(12-16)25-10-8-15(3)19(21(25)27)20(26)23-13-18-22-9-11-24(18)4/h5-12,14H,13H2,1-4H3,(H,23,26). The maximum Gasteiger partial charge on any atom is 0.268 e. The summed E-state index contributed by atoms with van der Waals surface area (Å²) in [7, 11) is 1.86. The van der Waals surface area contributed by atoms with Crippen molar-refractivity contribution in [2.45, 2.75) is 33.2 Å². The van der Waals surface area contributed by atoms with Crippen LogP contribution in [-0.2, 0) is 13.6 Å². The zero-order valence-electron chi connectivity index (χ0n) is 16.1. The molecule has 0 aliphatic rings. The summed E-state index contributed by atoms with van der Waals surface area (Å²) in [5, 5.41) is 2.80. The smallest absolute Gasteiger partial charge is 0.268 e. The first-order valence-corrected chi connectivity index (χ1v) is 8.95. The minimum atomic E-state index is -0.394. The molecule has 3 aromatic rings. The fraction of sp³-hybridized carbons (Fsp3) is 0.286. The lowest BCUT2D eigenvalue weighted by Crippen LogP contribution is -2.33. The second kappa shape index (κ2) is 7.61. The lowest BCUT2D eigenvalue weighted by Gasteiger charge is -2.13. The summed E-state index contributed by atoms with van der Waals surface area (Å²) in [6, 6.07) is 9.61. The van der Waals surface area contributed by atoms with Gasteiger partial charge < -0.3 is 9.88 Å². The van der Waals surface area contributed by atoms with E-state index in [1.807, 2.05) is 42.1 Å². The molecule has 1 amide bonds. The molecular formula is C21H24N4O2. The quantitative estimate of drug-likeness (QED) is 0.757. The Kier molecular flexibility index (Phi) is 5.26. The van der Waals surface area contributed by atoms with Crippen LogP contribution in [-0.4, -0.2) is 20.0 Å². The Hall–Kier alpha value is -3.15. The van der Waals surface area contributed by atoms with E-state index in [4.69, 9.17) is 0 Å². The van der Waals surface area contributed by atoms with E-state index in [0.29, 0.717) is 11.5 Å². The number of hydrogen-bond acceptors (Lipinski definition) is 3. The van der Waals surface area contributed by atoms with Crippen LogP contribution >= 0.6 is 0 Å². The molecule has 140 valence electrons. The van der Waals surface area contributed by atoms with Crippen molar-refractivity contribution in [1.82, 2.24) is 19.4 Å². The van der Waals surface area contributed by atoms with Crippen LogP contribution in [0, 0.1) is 6.92 Å². The molecule has 0 radical (unpaired) electrons. The van der Waals surface area contributed by atoms with E-state index in [0.717, 1.165) is 17.1 Å². The van der Waals surface area contributed by atoms with Crippen molar-refractivity contribution in [3.8, 4) is 5.69 Å². The molecule has 0 atom stereocenters. The number of pyridine rings is 1. The van der Waals surface area contributed by atoms with Gasteiger partial charge in [-0.1, -0.05) is 26.0 Å². The van der Waals surface area contributed by atoms with Crippen LogP contribution in [0.5, 0.6) is 0 Å². The summed E-state index contributed by atoms with van der Waals surface area (Å²) >= 11 is 0. The molecule has 1 N–H and O–H groups in total. The third-order valence-corrected chi connectivity index (χ3v) is 4.67. The van der Waals surface area contributed by atoms with Crippen LogP contribution in [0.2, 0.25) is 0 Å². The van der Waals surface area contributed by atoms with Crippen LogP contribution in [0.15, 0.2) is 53.7 Å². The minimum Gasteiger partial charge on any atom is -0.345 e. The minimum absolute atomic E-state index is 0.154. The molecule has 0 spiro atoms. The van der Waals surface area contributed by atoms with Gasteiger partial charge >= 0.3 is 0 Å². The molecule has 0 aliphatic heterocycles. The van der Waals surface area contributed by atoms with Gasteiger partial charge in [-0.2, -0.15) is 0 Å². The number of nitrogens with one attached hydrogen (secondary N) is 1. The number of nitrogens with zero attached hydrogens (tertiary/aromatic N) is 3. The second-order valence-electron chi connectivity index (χ2n) is 6.94. The molecule has 1 aromatic carbocycles. The number of carbonyl (C=O) groups is 1. The van der Waals surface area contributed by atoms with Gasteiger partial charge in [-0.3, -0.25) is 14.2 Å². The fourth-order valence-electron chi connectivity index (χ4n) is 2.95. The van der Waals surface area contributed by atoms with E-state index in [2.05, 4.69) is 24.1 Å². The monoisotopic (exact) mass is 364 g/mol. The number of imidazole rings is 1. The van der Waals surface area contributed by atoms with Crippen molar-refractivity contribution in [2.24, 2.45) is 7.05 Å². The van der Waals surface area contributed by atoms with E-state index in [1.165, 1.54) is 4.57 Å². The van der Waals surface area contributed by atoms with Gasteiger partial charge in [0.15, 0.2) is 0 Å². The Morgan fingerprint density at radius 1 is 1.22 bits per heavy atom. The van der Waals surface area contributed by atoms with E-state index in [1.54, 1.807) is 25.4 Å². The van der Waals surface area contributed by atoms with Gasteiger partial charge in [-0.05, 0) is 42.2 Å². The van der Waals surface area contributed by atoms with Crippen molar-refractivity contribution in [1.29, 1.82) is 0 Å². The highest BCUT2D eigenvalue weighted by Gasteiger charge is 2.17. The first-order chi connectivity index (χ1) is 12.9. The SMILES string of the molecule is Cc1ccn(-c2cccc(C(C)C)c2)c(=O)c1C(=O)NCc1nccn1C. The number of amides is 1. The van der Waals surface area contributed by atoms with E-state index in [-0.39, 0.29) is 17.7 Å². The normalized spacial score (nSPS) is 11.0. The molecule has 6 heteroatoms. The molecule has 2 aromatic heterocycles. The molecule has 0 saturated heterocycles. The summed E-state index contributed by atoms with van der Waals surface area (Å²) < 4.78 is 3.35. The zero-order chi connectivity index (χ0) is 19.6. The second-order valence-corrected chi connectivity index (χ2v) is 6.94. The van der Waals surface area contributed by atoms with E-state index in [9.17, 15) is 9.59 Å². The predicted octanol–water partition coefficient (Wildman–Crippen LogP) is 2.93. The van der Waals surface area contributed by atoms with Crippen LogP contribution in [0.1, 0.15) is 47.1 Å². The number of hydrogen-bond donors (Lipinski definition) is 1. The average Bonchev–Trinajstić information content (AvgIpc) is 3.05. The van der Waals surface area contributed by atoms with Crippen molar-refractivity contribution in [3.05, 3.63) is 81.8 Å². The largest absolute Gasteiger partial charge is 0.345 e. The maximum absolute atomic E-state index is 13.0. The molecule has 27 heavy (non-hydrogen) atoms. The summed E-state index contributed by atoms with van der Waals surface area (Å²) in [6.07, 6.45) is 5.19. The van der Waals surface area contributed by atoms with Gasteiger partial charge in [0.1, 0.15) is 11.4 Å². The molecule has 0 fully saturated rings. The Morgan fingerprint density at radius 2 is 2.00 bits per heavy atom. The molecule has 6 nitrogen and oxygen atoms in total. The topological polar surface area (TPSA) is 68.9 Å². The Bertz CT molecular complexity index is 1030. The van der Waals surface area contributed by atoms with Gasteiger partial charge in [0, 0.05) is 31.3 Å². The van der Waals surface area contributed by atoms with Gasteiger partial charge in [0.2, 0.25) is 0 Å². The highest BCUT2D eigenvalue weighted by molar-refractivity contribution is 5.95. The van der Waals surface area contributed by atoms with Crippen molar-refractivity contribution in [3.63, 3.8) is 0 Å². The van der Waals surface area contributed by atoms with Crippen molar-refractivity contribution in [2.75, 3.05) is 0 Å². The summed E-state index contributed by atoms with van der Waals surface area (Å²) in [4.78, 5) is 29.9. The highest BCUT2D eigenvalue weighted by Crippen LogP contribution is 2.17. The van der Waals surface area contributed by atoms with Crippen LogP contribution in [0.25, 0.3) is 5.69 Å². The van der Waals surface area contributed by atoms with E-state index >= 15 is 0 Å². The molecule has 0 saturated carbocycles. The summed E-state index contributed by atoms with van der Waals surface area (Å²) in [5.41, 5.74) is 2.37. The molecule has 0 bridgehead atoms. The Morgan fingerprint density at radius 3 is 2.67 bits per heavy atom. The van der Waals surface area contributed by atoms with Crippen LogP contribution in [0.3, 0.4) is 0 Å². The van der Waals surface area contributed by atoms with Crippen LogP contribution < -0.4 is 10.9 Å². The predicted molar refractivity (Wildman–Crippen MR) is 105 cm³/mol. The third-order valence-electron chi connectivity index (χ3n) is 4.67. The zero-order valence-corrected chi connectivity index (χ0v) is 16.1. The average molecular weight is 364 g/mol. The maximum atomic E-state index is 13.0. The van der Waals surface area contributed by atoms with Crippen molar-refractivity contribution >= 4 is 5.91 Å². The lowest BCUT2D eigenvalue weighted by atomic mass is 10.0. The van der Waals surface area contributed by atoms with Gasteiger partial charge in [0.25, 0.3) is 11.5 Å². The number of carbonyl (C=O) groups excluding carboxylic acids is 1. The molecular weight excluding hydrogens is 340 g/mol. The van der Waals surface area contributed by atoms with Gasteiger partial charge in [0.05, 0.1) is 6.54 Å². The molecule has 0 unspecified atom stereocenters. The Labute approximate surface area is 158 Å². The summed E-state index contributed by atoms with van der Waals surface area (Å²) in [5.74, 6) is 0.684. The van der Waals surface area contributed by atoms with Gasteiger partial charge in [-0.25, -0.2) is 4.98 Å². The first-order valence-electron chi connectivity index (χ1n) is 8.95. The van der Waals surface area contributed by atoms with Crippen LogP contribution in [0.4, 0.5) is 0 Å². The number of benzene rings is 1. The fourth-order valence-corrected chi connectivity index (χ4v) is 2.95. The lowest BCUT2D eigenvalue weighted by molar-refractivity contribution is 0.0947. The number of aryl methyl sites for hydroxylation is 2. The third kappa shape index (κ3) is 3.84. The Balaban J connectivity index is 1.94. The molecule has 0 aliphatic carbocycles. The number of rotatable bonds is 5. The number of aromatic nitrogens is 3. The first kappa shape index (κ1) is 18.6. The molecule has 2 heterocycles. The van der Waals surface area contributed by atoms with Gasteiger partial charge in [-0.15, -0.1) is 0 Å². The summed E-state index contributed by atoms with van der Waals surface area (Å²) in [6.45, 7) is 6.24. The van der Waals surface area contributed by atoms with E-state index < -0.39 is 5.91 Å². The highest BCUT2D eigenvalue weighted by atomic mass is 16.2. The van der Waals surface area contributed by atoms with Crippen molar-refractivity contribution < 1.29 is 4.79 Å². The molecule has 3 rings (SSSR count).